The number of fused-ring (bicyclic) bond motifs is 1. The Bertz CT molecular complexity index is 665. The van der Waals surface area contributed by atoms with Crippen molar-refractivity contribution in [2.45, 2.75) is 25.3 Å². The van der Waals surface area contributed by atoms with Crippen molar-refractivity contribution in [3.63, 3.8) is 0 Å². The summed E-state index contributed by atoms with van der Waals surface area (Å²) in [7, 11) is 1.68. The first kappa shape index (κ1) is 16.1. The number of carbonyl (C=O) groups is 1. The Kier molecular flexibility index (Phi) is 5.33. The Morgan fingerprint density at radius 2 is 2.39 bits per heavy atom. The van der Waals surface area contributed by atoms with Gasteiger partial charge in [0.05, 0.1) is 7.11 Å². The molecule has 124 valence electrons. The van der Waals surface area contributed by atoms with Crippen molar-refractivity contribution in [2.24, 2.45) is 0 Å². The number of aromatic amines is 1. The van der Waals surface area contributed by atoms with Crippen LogP contribution in [0.2, 0.25) is 0 Å². The minimum atomic E-state index is -0.0655. The van der Waals surface area contributed by atoms with E-state index in [1.54, 1.807) is 7.11 Å². The van der Waals surface area contributed by atoms with Gasteiger partial charge in [-0.15, -0.1) is 0 Å². The van der Waals surface area contributed by atoms with Crippen LogP contribution in [0.25, 0.3) is 10.9 Å². The summed E-state index contributed by atoms with van der Waals surface area (Å²) < 4.78 is 5.43. The Balaban J connectivity index is 1.53. The predicted octanol–water partition coefficient (Wildman–Crippen LogP) is 2.91. The molecule has 1 saturated heterocycles. The summed E-state index contributed by atoms with van der Waals surface area (Å²) in [4.78, 5) is 15.2. The molecule has 1 atom stereocenters. The molecule has 0 aliphatic carbocycles. The first-order valence-corrected chi connectivity index (χ1v) is 9.18. The Morgan fingerprint density at radius 3 is 3.17 bits per heavy atom. The third-order valence-corrected chi connectivity index (χ3v) is 5.36. The van der Waals surface area contributed by atoms with Gasteiger partial charge >= 0.3 is 6.03 Å². The quantitative estimate of drug-likeness (QED) is 0.788. The van der Waals surface area contributed by atoms with Crippen LogP contribution in [-0.2, 0) is 6.42 Å². The minimum Gasteiger partial charge on any atom is -0.496 e. The summed E-state index contributed by atoms with van der Waals surface area (Å²) >= 11 is 1.91. The van der Waals surface area contributed by atoms with Crippen molar-refractivity contribution in [3.05, 3.63) is 30.0 Å². The molecule has 6 heteroatoms. The molecular weight excluding hydrogens is 310 g/mol. The topological polar surface area (TPSA) is 66.1 Å². The van der Waals surface area contributed by atoms with E-state index in [0.29, 0.717) is 12.6 Å². The van der Waals surface area contributed by atoms with Crippen molar-refractivity contribution < 1.29 is 9.53 Å². The number of rotatable bonds is 5. The molecule has 0 radical (unpaired) electrons. The second-order valence-electron chi connectivity index (χ2n) is 5.76. The van der Waals surface area contributed by atoms with Gasteiger partial charge in [0, 0.05) is 35.4 Å². The number of hydrogen-bond acceptors (Lipinski definition) is 3. The van der Waals surface area contributed by atoms with E-state index in [1.165, 1.54) is 12.2 Å². The Labute approximate surface area is 140 Å². The number of carbonyl (C=O) groups excluding carboxylic acids is 1. The highest BCUT2D eigenvalue weighted by atomic mass is 32.2. The molecule has 1 aliphatic rings. The fourth-order valence-electron chi connectivity index (χ4n) is 2.99. The second kappa shape index (κ2) is 7.64. The molecule has 0 saturated carbocycles. The standard InChI is InChI=1S/C17H23N3O2S/c1-22-15-6-2-5-14-16(15)12(10-19-14)7-8-18-17(21)20-13-4-3-9-23-11-13/h2,5-6,10,13,19H,3-4,7-9,11H2,1H3,(H2,18,20,21). The number of nitrogens with one attached hydrogen (secondary N) is 3. The zero-order valence-corrected chi connectivity index (χ0v) is 14.2. The summed E-state index contributed by atoms with van der Waals surface area (Å²) in [6, 6.07) is 6.20. The molecule has 1 aromatic carbocycles. The van der Waals surface area contributed by atoms with Gasteiger partial charge in [0.25, 0.3) is 0 Å². The largest absolute Gasteiger partial charge is 0.496 e. The minimum absolute atomic E-state index is 0.0655. The van der Waals surface area contributed by atoms with E-state index in [4.69, 9.17) is 4.74 Å². The van der Waals surface area contributed by atoms with Crippen LogP contribution in [0, 0.1) is 0 Å². The number of methoxy groups -OCH3 is 1. The van der Waals surface area contributed by atoms with E-state index in [0.717, 1.165) is 40.8 Å². The van der Waals surface area contributed by atoms with E-state index in [-0.39, 0.29) is 6.03 Å². The van der Waals surface area contributed by atoms with Crippen LogP contribution in [0.1, 0.15) is 18.4 Å². The number of aromatic nitrogens is 1. The summed E-state index contributed by atoms with van der Waals surface area (Å²) in [6.07, 6.45) is 5.03. The summed E-state index contributed by atoms with van der Waals surface area (Å²) in [5.41, 5.74) is 2.22. The number of ether oxygens (including phenoxy) is 1. The van der Waals surface area contributed by atoms with E-state index in [1.807, 2.05) is 36.2 Å². The number of hydrogen-bond donors (Lipinski definition) is 3. The van der Waals surface area contributed by atoms with Gasteiger partial charge in [-0.25, -0.2) is 4.79 Å². The zero-order valence-electron chi connectivity index (χ0n) is 13.4. The molecule has 3 rings (SSSR count). The van der Waals surface area contributed by atoms with Gasteiger partial charge in [0.1, 0.15) is 5.75 Å². The van der Waals surface area contributed by atoms with Gasteiger partial charge < -0.3 is 20.4 Å². The van der Waals surface area contributed by atoms with Crippen LogP contribution in [0.4, 0.5) is 4.79 Å². The van der Waals surface area contributed by atoms with Crippen LogP contribution >= 0.6 is 11.8 Å². The predicted molar refractivity (Wildman–Crippen MR) is 95.4 cm³/mol. The number of thioether (sulfide) groups is 1. The van der Waals surface area contributed by atoms with Crippen LogP contribution in [0.5, 0.6) is 5.75 Å². The Hall–Kier alpha value is -1.82. The molecule has 2 heterocycles. The van der Waals surface area contributed by atoms with Crippen LogP contribution in [0.15, 0.2) is 24.4 Å². The average molecular weight is 333 g/mol. The monoisotopic (exact) mass is 333 g/mol. The molecule has 3 N–H and O–H groups in total. The highest BCUT2D eigenvalue weighted by molar-refractivity contribution is 7.99. The lowest BCUT2D eigenvalue weighted by Gasteiger charge is -2.22. The van der Waals surface area contributed by atoms with Crippen molar-refractivity contribution in [3.8, 4) is 5.75 Å². The molecule has 1 aliphatic heterocycles. The molecule has 0 bridgehead atoms. The Morgan fingerprint density at radius 1 is 1.48 bits per heavy atom. The molecule has 0 spiro atoms. The van der Waals surface area contributed by atoms with Crippen LogP contribution in [-0.4, -0.2) is 42.2 Å². The van der Waals surface area contributed by atoms with E-state index in [9.17, 15) is 4.79 Å². The van der Waals surface area contributed by atoms with Gasteiger partial charge in [0.2, 0.25) is 0 Å². The molecule has 1 aromatic heterocycles. The third kappa shape index (κ3) is 3.93. The number of H-pyrrole nitrogens is 1. The van der Waals surface area contributed by atoms with Crippen molar-refractivity contribution >= 4 is 28.7 Å². The van der Waals surface area contributed by atoms with Gasteiger partial charge in [-0.1, -0.05) is 6.07 Å². The first-order chi connectivity index (χ1) is 11.3. The van der Waals surface area contributed by atoms with Crippen LogP contribution in [0.3, 0.4) is 0 Å². The molecule has 23 heavy (non-hydrogen) atoms. The van der Waals surface area contributed by atoms with Gasteiger partial charge in [-0.3, -0.25) is 0 Å². The van der Waals surface area contributed by atoms with E-state index >= 15 is 0 Å². The lowest BCUT2D eigenvalue weighted by molar-refractivity contribution is 0.237. The summed E-state index contributed by atoms with van der Waals surface area (Å²) in [5.74, 6) is 3.09. The maximum absolute atomic E-state index is 12.0. The molecule has 2 amide bonds. The number of benzene rings is 1. The summed E-state index contributed by atoms with van der Waals surface area (Å²) in [5, 5.41) is 7.11. The fourth-order valence-corrected chi connectivity index (χ4v) is 4.06. The third-order valence-electron chi connectivity index (χ3n) is 4.14. The highest BCUT2D eigenvalue weighted by Gasteiger charge is 2.16. The lowest BCUT2D eigenvalue weighted by Crippen LogP contribution is -2.44. The van der Waals surface area contributed by atoms with Crippen molar-refractivity contribution in [1.82, 2.24) is 15.6 Å². The number of amides is 2. The highest BCUT2D eigenvalue weighted by Crippen LogP contribution is 2.28. The second-order valence-corrected chi connectivity index (χ2v) is 6.91. The molecule has 1 unspecified atom stereocenters. The maximum Gasteiger partial charge on any atom is 0.315 e. The lowest BCUT2D eigenvalue weighted by atomic mass is 10.1. The molecule has 2 aromatic rings. The molecule has 1 fully saturated rings. The van der Waals surface area contributed by atoms with Crippen molar-refractivity contribution in [1.29, 1.82) is 0 Å². The van der Waals surface area contributed by atoms with Crippen LogP contribution < -0.4 is 15.4 Å². The molecular formula is C17H23N3O2S. The SMILES string of the molecule is COc1cccc2[nH]cc(CCNC(=O)NC3CCCSC3)c12. The smallest absolute Gasteiger partial charge is 0.315 e. The number of urea groups is 1. The van der Waals surface area contributed by atoms with E-state index < -0.39 is 0 Å². The van der Waals surface area contributed by atoms with Gasteiger partial charge in [0.15, 0.2) is 0 Å². The van der Waals surface area contributed by atoms with Gasteiger partial charge in [-0.05, 0) is 42.7 Å². The van der Waals surface area contributed by atoms with Gasteiger partial charge in [-0.2, -0.15) is 11.8 Å². The van der Waals surface area contributed by atoms with E-state index in [2.05, 4.69) is 15.6 Å². The maximum atomic E-state index is 12.0. The average Bonchev–Trinajstić information content (AvgIpc) is 2.99. The zero-order chi connectivity index (χ0) is 16.1. The first-order valence-electron chi connectivity index (χ1n) is 8.03. The fraction of sp³-hybridized carbons (Fsp3) is 0.471. The summed E-state index contributed by atoms with van der Waals surface area (Å²) in [6.45, 7) is 0.608. The molecule has 5 nitrogen and oxygen atoms in total. The van der Waals surface area contributed by atoms with Crippen molar-refractivity contribution in [2.75, 3.05) is 25.2 Å². The normalized spacial score (nSPS) is 17.9.